The van der Waals surface area contributed by atoms with Gasteiger partial charge >= 0.3 is 18.3 Å². The Morgan fingerprint density at radius 1 is 0.737 bits per heavy atom. The third-order valence-electron chi connectivity index (χ3n) is 5.39. The van der Waals surface area contributed by atoms with Gasteiger partial charge in [0.15, 0.2) is 5.60 Å². The molecule has 0 aliphatic carbocycles. The van der Waals surface area contributed by atoms with Crippen molar-refractivity contribution < 1.29 is 54.5 Å². The normalized spacial score (nSPS) is 12.7. The molecule has 0 amide bonds. The van der Waals surface area contributed by atoms with E-state index in [0.29, 0.717) is 33.8 Å². The molecule has 0 aromatic heterocycles. The lowest BCUT2D eigenvalue weighted by Crippen LogP contribution is -2.32. The zero-order chi connectivity index (χ0) is 28.5. The van der Waals surface area contributed by atoms with Crippen molar-refractivity contribution in [3.63, 3.8) is 0 Å². The van der Waals surface area contributed by atoms with Gasteiger partial charge in [-0.05, 0) is 30.3 Å². The highest BCUT2D eigenvalue weighted by molar-refractivity contribution is 5.97. The molecule has 38 heavy (non-hydrogen) atoms. The molecular weight excluding hydrogens is 500 g/mol. The molecule has 11 heteroatoms. The second-order valence-electron chi connectivity index (χ2n) is 8.00. The van der Waals surface area contributed by atoms with Crippen LogP contribution in [-0.4, -0.2) is 48.9 Å². The molecule has 0 saturated carbocycles. The Morgan fingerprint density at radius 2 is 1.18 bits per heavy atom. The van der Waals surface area contributed by atoms with Crippen LogP contribution in [0.2, 0.25) is 0 Å². The Hall–Kier alpha value is -4.93. The highest BCUT2D eigenvalue weighted by Crippen LogP contribution is 2.56. The first-order valence-electron chi connectivity index (χ1n) is 11.5. The third-order valence-corrected chi connectivity index (χ3v) is 5.39. The minimum atomic E-state index is -1.83. The minimum Gasteiger partial charge on any atom is -0.508 e. The van der Waals surface area contributed by atoms with E-state index in [4.69, 9.17) is 39.5 Å². The minimum absolute atomic E-state index is 0.0371. The van der Waals surface area contributed by atoms with Gasteiger partial charge in [-0.1, -0.05) is 51.3 Å². The van der Waals surface area contributed by atoms with Crippen LogP contribution in [0, 0.1) is 0 Å². The summed E-state index contributed by atoms with van der Waals surface area (Å²) in [4.78, 5) is 29.6. The smallest absolute Gasteiger partial charge is 0.503 e. The number of esters is 1. The molecule has 0 fully saturated rings. The van der Waals surface area contributed by atoms with E-state index in [9.17, 15) is 15.0 Å². The largest absolute Gasteiger partial charge is 0.508 e. The second-order valence-corrected chi connectivity index (χ2v) is 8.00. The van der Waals surface area contributed by atoms with Crippen molar-refractivity contribution >= 4 is 18.3 Å². The number of carboxylic acid groups (broad SMARTS) is 4. The first-order valence-corrected chi connectivity index (χ1v) is 11.5. The van der Waals surface area contributed by atoms with Crippen LogP contribution in [0.3, 0.4) is 0 Å². The van der Waals surface area contributed by atoms with Crippen LogP contribution in [0.15, 0.2) is 60.7 Å². The number of benzene rings is 3. The van der Waals surface area contributed by atoms with Gasteiger partial charge in [0.25, 0.3) is 0 Å². The van der Waals surface area contributed by atoms with Crippen LogP contribution < -0.4 is 4.74 Å². The number of hydrogen-bond acceptors (Lipinski definition) is 7. The number of fused-ring (bicyclic) bond motifs is 6. The van der Waals surface area contributed by atoms with Gasteiger partial charge in [0.2, 0.25) is 0 Å². The summed E-state index contributed by atoms with van der Waals surface area (Å²) in [5, 5.41) is 47.6. The average Bonchev–Trinajstić information content (AvgIpc) is 3.12. The number of ether oxygens (including phenoxy) is 2. The lowest BCUT2D eigenvalue weighted by molar-refractivity contribution is 0.0224. The Morgan fingerprint density at radius 3 is 1.61 bits per heavy atom. The van der Waals surface area contributed by atoms with E-state index in [-0.39, 0.29) is 11.5 Å². The zero-order valence-corrected chi connectivity index (χ0v) is 20.6. The van der Waals surface area contributed by atoms with Crippen LogP contribution in [0.25, 0.3) is 0 Å². The number of carbonyl (C=O) groups excluding carboxylic acids is 1. The van der Waals surface area contributed by atoms with Crippen molar-refractivity contribution in [2.45, 2.75) is 38.7 Å². The molecular formula is C27H28O11. The fourth-order valence-electron chi connectivity index (χ4n) is 4.01. The Bertz CT molecular complexity index is 1230. The molecule has 6 N–H and O–H groups in total. The van der Waals surface area contributed by atoms with E-state index < -0.39 is 23.9 Å². The molecule has 3 aromatic carbocycles. The SMILES string of the molecule is CCCCC.O=C(O)O.O=C(O)O.O=C1OC2(c3ccc(O)cc3Oc3cc(O)ccc32)c2ccccc21. The van der Waals surface area contributed by atoms with Gasteiger partial charge in [-0.15, -0.1) is 0 Å². The topological polar surface area (TPSA) is 191 Å². The fraction of sp³-hybridized carbons (Fsp3) is 0.222. The number of phenolic OH excluding ortho intramolecular Hbond substituents is 2. The standard InChI is InChI=1S/C20H12O5.C5H12.2CH2O3/c21-11-5-7-15-17(9-11)24-18-10-12(22)6-8-16(18)20(15)14-4-2-1-3-13(14)19(23)25-20;1-3-5-4-2;2*2-1(3)4/h1-10,21-22H;3-5H2,1-2H3;2*(H2,2,3,4). The molecule has 0 saturated heterocycles. The van der Waals surface area contributed by atoms with Crippen molar-refractivity contribution in [1.29, 1.82) is 0 Å². The van der Waals surface area contributed by atoms with Gasteiger partial charge in [-0.25, -0.2) is 14.4 Å². The van der Waals surface area contributed by atoms with Crippen molar-refractivity contribution in [1.82, 2.24) is 0 Å². The maximum absolute atomic E-state index is 12.5. The number of unbranched alkanes of at least 4 members (excludes halogenated alkanes) is 2. The van der Waals surface area contributed by atoms with Crippen LogP contribution in [-0.2, 0) is 10.3 Å². The van der Waals surface area contributed by atoms with E-state index in [0.717, 1.165) is 0 Å². The number of phenols is 2. The van der Waals surface area contributed by atoms with Gasteiger partial charge in [-0.3, -0.25) is 0 Å². The molecule has 0 bridgehead atoms. The Balaban J connectivity index is 0.000000329. The summed E-state index contributed by atoms with van der Waals surface area (Å²) in [5.41, 5.74) is 1.28. The number of hydrogen-bond donors (Lipinski definition) is 6. The van der Waals surface area contributed by atoms with Crippen LogP contribution >= 0.6 is 0 Å². The maximum Gasteiger partial charge on any atom is 0.503 e. The second kappa shape index (κ2) is 12.9. The van der Waals surface area contributed by atoms with E-state index in [2.05, 4.69) is 13.8 Å². The molecule has 0 unspecified atom stereocenters. The molecule has 5 rings (SSSR count). The molecule has 11 nitrogen and oxygen atoms in total. The first kappa shape index (κ1) is 29.3. The third kappa shape index (κ3) is 6.64. The van der Waals surface area contributed by atoms with Crippen molar-refractivity contribution in [3.05, 3.63) is 82.9 Å². The van der Waals surface area contributed by atoms with Crippen molar-refractivity contribution in [2.24, 2.45) is 0 Å². The van der Waals surface area contributed by atoms with E-state index >= 15 is 0 Å². The fourth-order valence-corrected chi connectivity index (χ4v) is 4.01. The van der Waals surface area contributed by atoms with E-state index in [1.807, 2.05) is 12.1 Å². The number of carbonyl (C=O) groups is 3. The zero-order valence-electron chi connectivity index (χ0n) is 20.6. The van der Waals surface area contributed by atoms with Gasteiger partial charge in [-0.2, -0.15) is 0 Å². The van der Waals surface area contributed by atoms with Gasteiger partial charge in [0, 0.05) is 28.8 Å². The first-order chi connectivity index (χ1) is 18.0. The summed E-state index contributed by atoms with van der Waals surface area (Å²) >= 11 is 0. The van der Waals surface area contributed by atoms with Gasteiger partial charge in [0.1, 0.15) is 23.0 Å². The van der Waals surface area contributed by atoms with Gasteiger partial charge < -0.3 is 40.1 Å². The summed E-state index contributed by atoms with van der Waals surface area (Å²) in [6.45, 7) is 4.42. The molecule has 0 radical (unpaired) electrons. The maximum atomic E-state index is 12.5. The number of aromatic hydroxyl groups is 2. The van der Waals surface area contributed by atoms with Crippen molar-refractivity contribution in [3.8, 4) is 23.0 Å². The highest BCUT2D eigenvalue weighted by atomic mass is 16.6. The lowest BCUT2D eigenvalue weighted by atomic mass is 9.77. The number of rotatable bonds is 2. The summed E-state index contributed by atoms with van der Waals surface area (Å²) in [6.07, 6.45) is 0.410. The molecule has 0 atom stereocenters. The van der Waals surface area contributed by atoms with E-state index in [1.165, 1.54) is 43.5 Å². The van der Waals surface area contributed by atoms with E-state index in [1.54, 1.807) is 24.3 Å². The molecule has 1 spiro atoms. The Kier molecular flexibility index (Phi) is 9.91. The van der Waals surface area contributed by atoms with Crippen LogP contribution in [0.5, 0.6) is 23.0 Å². The predicted octanol–water partition coefficient (Wildman–Crippen LogP) is 6.31. The van der Waals surface area contributed by atoms with Crippen molar-refractivity contribution in [2.75, 3.05) is 0 Å². The molecule has 202 valence electrons. The molecule has 2 aliphatic heterocycles. The monoisotopic (exact) mass is 528 g/mol. The summed E-state index contributed by atoms with van der Waals surface area (Å²) in [6, 6.07) is 16.6. The average molecular weight is 529 g/mol. The molecule has 2 heterocycles. The van der Waals surface area contributed by atoms with Crippen LogP contribution in [0.4, 0.5) is 9.59 Å². The van der Waals surface area contributed by atoms with Crippen LogP contribution in [0.1, 0.15) is 60.2 Å². The highest BCUT2D eigenvalue weighted by Gasteiger charge is 2.53. The molecule has 3 aromatic rings. The van der Waals surface area contributed by atoms with Gasteiger partial charge in [0.05, 0.1) is 5.56 Å². The quantitative estimate of drug-likeness (QED) is 0.204. The summed E-state index contributed by atoms with van der Waals surface area (Å²) < 4.78 is 11.8. The summed E-state index contributed by atoms with van der Waals surface area (Å²) in [5.74, 6) is 0.408. The summed E-state index contributed by atoms with van der Waals surface area (Å²) in [7, 11) is 0. The Labute approximate surface area is 217 Å². The predicted molar refractivity (Wildman–Crippen MR) is 135 cm³/mol. The lowest BCUT2D eigenvalue weighted by Gasteiger charge is -2.36. The molecule has 2 aliphatic rings.